The summed E-state index contributed by atoms with van der Waals surface area (Å²) in [4.78, 5) is 28.3. The minimum Gasteiger partial charge on any atom is -0.352 e. The largest absolute Gasteiger partial charge is 0.352 e. The van der Waals surface area contributed by atoms with Crippen LogP contribution >= 0.6 is 46.4 Å². The lowest BCUT2D eigenvalue weighted by Crippen LogP contribution is -2.52. The second-order valence-corrected chi connectivity index (χ2v) is 12.7. The average Bonchev–Trinajstić information content (AvgIpc) is 2.92. The van der Waals surface area contributed by atoms with Crippen LogP contribution in [0.3, 0.4) is 0 Å². The van der Waals surface area contributed by atoms with Crippen LogP contribution in [0.5, 0.6) is 0 Å². The van der Waals surface area contributed by atoms with Crippen LogP contribution in [0.4, 0.5) is 5.69 Å². The fourth-order valence-electron chi connectivity index (χ4n) is 3.81. The standard InChI is InChI=1S/C28H29Cl4N3O4S/c1-4-18(2)33-28(37)19(3)34(16-22-23(30)11-8-12-24(22)31)27(36)17-35(26-15-20(29)13-14-25(26)32)40(38,39)21-9-6-5-7-10-21/h5-15,18-19H,4,16-17H2,1-3H3,(H,33,37)/t18-,19+/m1/s1. The number of rotatable bonds is 11. The molecular weight excluding hydrogens is 616 g/mol. The predicted molar refractivity (Wildman–Crippen MR) is 162 cm³/mol. The predicted octanol–water partition coefficient (Wildman–Crippen LogP) is 6.83. The lowest BCUT2D eigenvalue weighted by molar-refractivity contribution is -0.139. The van der Waals surface area contributed by atoms with Gasteiger partial charge in [0.25, 0.3) is 10.0 Å². The van der Waals surface area contributed by atoms with Gasteiger partial charge in [0, 0.05) is 33.2 Å². The Labute approximate surface area is 255 Å². The van der Waals surface area contributed by atoms with Crippen LogP contribution in [0.25, 0.3) is 0 Å². The molecule has 0 saturated heterocycles. The maximum atomic E-state index is 14.0. The lowest BCUT2D eigenvalue weighted by atomic mass is 10.1. The zero-order valence-corrected chi connectivity index (χ0v) is 25.9. The van der Waals surface area contributed by atoms with Crippen molar-refractivity contribution < 1.29 is 18.0 Å². The molecule has 0 spiro atoms. The molecule has 0 fully saturated rings. The van der Waals surface area contributed by atoms with E-state index in [1.807, 2.05) is 13.8 Å². The normalized spacial score (nSPS) is 12.9. The summed E-state index contributed by atoms with van der Waals surface area (Å²) < 4.78 is 28.6. The van der Waals surface area contributed by atoms with Crippen molar-refractivity contribution >= 4 is 73.9 Å². The van der Waals surface area contributed by atoms with Crippen LogP contribution in [0.1, 0.15) is 32.8 Å². The van der Waals surface area contributed by atoms with Gasteiger partial charge >= 0.3 is 0 Å². The number of nitrogens with one attached hydrogen (secondary N) is 1. The summed E-state index contributed by atoms with van der Waals surface area (Å²) in [6.45, 7) is 4.50. The first-order chi connectivity index (χ1) is 18.9. The number of amides is 2. The van der Waals surface area contributed by atoms with Gasteiger partial charge in [0.1, 0.15) is 12.6 Å². The van der Waals surface area contributed by atoms with E-state index in [9.17, 15) is 18.0 Å². The highest BCUT2D eigenvalue weighted by Crippen LogP contribution is 2.33. The molecule has 3 rings (SSSR count). The zero-order valence-electron chi connectivity index (χ0n) is 22.1. The van der Waals surface area contributed by atoms with Crippen molar-refractivity contribution in [2.45, 2.75) is 50.7 Å². The van der Waals surface area contributed by atoms with Crippen molar-refractivity contribution in [2.75, 3.05) is 10.8 Å². The van der Waals surface area contributed by atoms with E-state index < -0.39 is 34.4 Å². The Morgan fingerprint density at radius 1 is 0.875 bits per heavy atom. The molecular formula is C28H29Cl4N3O4S. The molecule has 7 nitrogen and oxygen atoms in total. The van der Waals surface area contributed by atoms with Gasteiger partial charge in [-0.05, 0) is 62.7 Å². The molecule has 40 heavy (non-hydrogen) atoms. The smallest absolute Gasteiger partial charge is 0.264 e. The molecule has 3 aromatic rings. The Morgan fingerprint density at radius 2 is 1.50 bits per heavy atom. The van der Waals surface area contributed by atoms with E-state index in [4.69, 9.17) is 46.4 Å². The van der Waals surface area contributed by atoms with Crippen molar-refractivity contribution in [3.05, 3.63) is 92.4 Å². The molecule has 214 valence electrons. The topological polar surface area (TPSA) is 86.8 Å². The number of sulfonamides is 1. The number of benzene rings is 3. The first-order valence-electron chi connectivity index (χ1n) is 12.4. The molecule has 3 aromatic carbocycles. The van der Waals surface area contributed by atoms with Crippen molar-refractivity contribution in [1.82, 2.24) is 10.2 Å². The van der Waals surface area contributed by atoms with Crippen LogP contribution in [0.2, 0.25) is 20.1 Å². The number of hydrogen-bond acceptors (Lipinski definition) is 4. The van der Waals surface area contributed by atoms with E-state index in [0.717, 1.165) is 4.31 Å². The molecule has 2 amide bonds. The maximum absolute atomic E-state index is 14.0. The number of halogens is 4. The molecule has 0 saturated carbocycles. The molecule has 0 aliphatic heterocycles. The molecule has 0 radical (unpaired) electrons. The van der Waals surface area contributed by atoms with Gasteiger partial charge in [-0.25, -0.2) is 8.42 Å². The van der Waals surface area contributed by atoms with E-state index >= 15 is 0 Å². The summed E-state index contributed by atoms with van der Waals surface area (Å²) in [6, 6.07) is 15.7. The second-order valence-electron chi connectivity index (χ2n) is 9.14. The van der Waals surface area contributed by atoms with E-state index in [1.165, 1.54) is 35.2 Å². The molecule has 1 N–H and O–H groups in total. The lowest BCUT2D eigenvalue weighted by Gasteiger charge is -2.33. The summed E-state index contributed by atoms with van der Waals surface area (Å²) in [6.07, 6.45) is 0.680. The third kappa shape index (κ3) is 7.62. The van der Waals surface area contributed by atoms with Gasteiger partial charge in [-0.3, -0.25) is 13.9 Å². The fourth-order valence-corrected chi connectivity index (χ4v) is 6.21. The summed E-state index contributed by atoms with van der Waals surface area (Å²) in [5.74, 6) is -1.09. The van der Waals surface area contributed by atoms with Crippen molar-refractivity contribution in [1.29, 1.82) is 0 Å². The summed E-state index contributed by atoms with van der Waals surface area (Å²) in [5.41, 5.74) is 0.430. The van der Waals surface area contributed by atoms with Crippen LogP contribution in [-0.2, 0) is 26.2 Å². The Morgan fingerprint density at radius 3 is 2.10 bits per heavy atom. The molecule has 0 aliphatic rings. The first-order valence-corrected chi connectivity index (χ1v) is 15.4. The van der Waals surface area contributed by atoms with Gasteiger partial charge in [0.2, 0.25) is 11.8 Å². The Balaban J connectivity index is 2.10. The average molecular weight is 645 g/mol. The molecule has 0 bridgehead atoms. The van der Waals surface area contributed by atoms with Crippen molar-refractivity contribution in [3.63, 3.8) is 0 Å². The maximum Gasteiger partial charge on any atom is 0.264 e. The van der Waals surface area contributed by atoms with Gasteiger partial charge in [0.15, 0.2) is 0 Å². The van der Waals surface area contributed by atoms with Crippen LogP contribution in [0.15, 0.2) is 71.6 Å². The van der Waals surface area contributed by atoms with Crippen LogP contribution in [-0.4, -0.2) is 43.8 Å². The van der Waals surface area contributed by atoms with Crippen molar-refractivity contribution in [3.8, 4) is 0 Å². The third-order valence-corrected chi connectivity index (χ3v) is 9.38. The minimum atomic E-state index is -4.29. The highest BCUT2D eigenvalue weighted by molar-refractivity contribution is 7.92. The summed E-state index contributed by atoms with van der Waals surface area (Å²) in [7, 11) is -4.29. The second kappa shape index (κ2) is 13.9. The van der Waals surface area contributed by atoms with Crippen LogP contribution in [0, 0.1) is 0 Å². The zero-order chi connectivity index (χ0) is 29.6. The van der Waals surface area contributed by atoms with Crippen molar-refractivity contribution in [2.24, 2.45) is 0 Å². The number of nitrogens with zero attached hydrogens (tertiary/aromatic N) is 2. The molecule has 0 unspecified atom stereocenters. The Kier molecular flexibility index (Phi) is 11.1. The molecule has 2 atom stereocenters. The van der Waals surface area contributed by atoms with Gasteiger partial charge in [-0.1, -0.05) is 77.6 Å². The molecule has 12 heteroatoms. The number of hydrogen-bond donors (Lipinski definition) is 1. The summed E-state index contributed by atoms with van der Waals surface area (Å²) in [5, 5.41) is 3.76. The molecule has 0 aromatic heterocycles. The van der Waals surface area contributed by atoms with Gasteiger partial charge in [-0.2, -0.15) is 0 Å². The monoisotopic (exact) mass is 643 g/mol. The van der Waals surface area contributed by atoms with Gasteiger partial charge in [-0.15, -0.1) is 0 Å². The first kappa shape index (κ1) is 32.0. The number of carbonyl (C=O) groups excluding carboxylic acids is 2. The third-order valence-electron chi connectivity index (χ3n) is 6.35. The Bertz CT molecular complexity index is 1450. The van der Waals surface area contributed by atoms with E-state index in [0.29, 0.717) is 22.0 Å². The SMILES string of the molecule is CC[C@@H](C)NC(=O)[C@H](C)N(Cc1c(Cl)cccc1Cl)C(=O)CN(c1cc(Cl)ccc1Cl)S(=O)(=O)c1ccccc1. The van der Waals surface area contributed by atoms with E-state index in [2.05, 4.69) is 5.32 Å². The van der Waals surface area contributed by atoms with Gasteiger partial charge < -0.3 is 10.2 Å². The fraction of sp³-hybridized carbons (Fsp3) is 0.286. The highest BCUT2D eigenvalue weighted by atomic mass is 35.5. The number of anilines is 1. The van der Waals surface area contributed by atoms with Crippen LogP contribution < -0.4 is 9.62 Å². The van der Waals surface area contributed by atoms with Gasteiger partial charge in [0.05, 0.1) is 15.6 Å². The quantitative estimate of drug-likeness (QED) is 0.248. The van der Waals surface area contributed by atoms with E-state index in [-0.39, 0.29) is 33.2 Å². The minimum absolute atomic E-state index is 0.0128. The summed E-state index contributed by atoms with van der Waals surface area (Å²) >= 11 is 25.4. The molecule has 0 heterocycles. The molecule has 0 aliphatic carbocycles. The van der Waals surface area contributed by atoms with E-state index in [1.54, 1.807) is 43.3 Å². The Hall–Kier alpha value is -2.49. The highest BCUT2D eigenvalue weighted by Gasteiger charge is 2.34. The number of carbonyl (C=O) groups is 2.